The Bertz CT molecular complexity index is 918. The molecule has 0 saturated carbocycles. The van der Waals surface area contributed by atoms with Crippen LogP contribution in [0.25, 0.3) is 6.08 Å². The lowest BCUT2D eigenvalue weighted by Gasteiger charge is -2.28. The summed E-state index contributed by atoms with van der Waals surface area (Å²) in [6.45, 7) is 7.51. The Labute approximate surface area is 172 Å². The molecule has 4 heteroatoms. The van der Waals surface area contributed by atoms with Crippen LogP contribution in [-0.4, -0.2) is 16.5 Å². The van der Waals surface area contributed by atoms with Crippen LogP contribution in [0.15, 0.2) is 60.9 Å². The van der Waals surface area contributed by atoms with Crippen LogP contribution in [0.1, 0.15) is 61.7 Å². The van der Waals surface area contributed by atoms with Gasteiger partial charge in [0, 0.05) is 0 Å². The lowest BCUT2D eigenvalue weighted by Crippen LogP contribution is -2.21. The number of aliphatic hydroxyl groups is 1. The lowest BCUT2D eigenvalue weighted by molar-refractivity contribution is 0.0849. The van der Waals surface area contributed by atoms with Crippen molar-refractivity contribution in [1.29, 1.82) is 0 Å². The van der Waals surface area contributed by atoms with E-state index in [1.807, 2.05) is 36.4 Å². The fourth-order valence-electron chi connectivity index (χ4n) is 3.06. The number of hydrogen-bond acceptors (Lipinski definition) is 4. The molecule has 0 unspecified atom stereocenters. The van der Waals surface area contributed by atoms with Gasteiger partial charge in [0.25, 0.3) is 0 Å². The van der Waals surface area contributed by atoms with E-state index in [2.05, 4.69) is 13.8 Å². The highest BCUT2D eigenvalue weighted by Gasteiger charge is 2.30. The van der Waals surface area contributed by atoms with E-state index in [4.69, 9.17) is 9.47 Å². The molecule has 3 rings (SSSR count). The van der Waals surface area contributed by atoms with Crippen molar-refractivity contribution in [3.63, 3.8) is 0 Å². The number of allylic oxidation sites excluding steroid dienone is 1. The number of benzene rings is 2. The predicted octanol–water partition coefficient (Wildman–Crippen LogP) is 5.73. The Morgan fingerprint density at radius 1 is 1.17 bits per heavy atom. The molecule has 2 aromatic rings. The second kappa shape index (κ2) is 8.66. The van der Waals surface area contributed by atoms with Crippen molar-refractivity contribution < 1.29 is 19.4 Å². The number of rotatable bonds is 6. The van der Waals surface area contributed by atoms with Gasteiger partial charge in [0.15, 0.2) is 5.78 Å². The largest absolute Gasteiger partial charge is 0.484 e. The van der Waals surface area contributed by atoms with Gasteiger partial charge in [0.2, 0.25) is 0 Å². The molecule has 152 valence electrons. The highest BCUT2D eigenvalue weighted by molar-refractivity contribution is 6.01. The number of hydrogen-bond donors (Lipinski definition) is 1. The number of ketones is 1. The molecule has 0 aromatic heterocycles. The molecule has 1 aliphatic rings. The zero-order valence-electron chi connectivity index (χ0n) is 17.4. The van der Waals surface area contributed by atoms with E-state index in [1.54, 1.807) is 44.4 Å². The smallest absolute Gasteiger partial charge is 0.170 e. The van der Waals surface area contributed by atoms with Crippen LogP contribution in [0, 0.1) is 5.92 Å². The SMILES string of the molecule is CC(C)C=COc1ccc2c(c1C=CC(C)(C)O)O[C@@H](c1ccccc1)CC2=O. The fourth-order valence-corrected chi connectivity index (χ4v) is 3.06. The molecule has 1 heterocycles. The van der Waals surface area contributed by atoms with Crippen LogP contribution < -0.4 is 9.47 Å². The molecule has 0 saturated heterocycles. The fraction of sp³-hybridized carbons (Fsp3) is 0.320. The van der Waals surface area contributed by atoms with E-state index in [-0.39, 0.29) is 11.9 Å². The first-order valence-electron chi connectivity index (χ1n) is 9.91. The average Bonchev–Trinajstić information content (AvgIpc) is 2.66. The Hall–Kier alpha value is -2.85. The second-order valence-corrected chi connectivity index (χ2v) is 8.18. The van der Waals surface area contributed by atoms with Crippen molar-refractivity contribution in [2.75, 3.05) is 0 Å². The zero-order valence-corrected chi connectivity index (χ0v) is 17.4. The summed E-state index contributed by atoms with van der Waals surface area (Å²) in [6.07, 6.45) is 6.96. The van der Waals surface area contributed by atoms with Crippen LogP contribution in [0.5, 0.6) is 11.5 Å². The van der Waals surface area contributed by atoms with E-state index < -0.39 is 5.60 Å². The Balaban J connectivity index is 2.06. The molecule has 1 aliphatic heterocycles. The van der Waals surface area contributed by atoms with Gasteiger partial charge in [-0.15, -0.1) is 0 Å². The molecular formula is C25H28O4. The topological polar surface area (TPSA) is 55.8 Å². The number of Topliss-reactive ketones (excluding diaryl/α,β-unsaturated/α-hetero) is 1. The molecule has 0 bridgehead atoms. The van der Waals surface area contributed by atoms with Gasteiger partial charge in [-0.05, 0) is 49.6 Å². The van der Waals surface area contributed by atoms with Gasteiger partial charge in [0.1, 0.15) is 17.6 Å². The van der Waals surface area contributed by atoms with Gasteiger partial charge in [-0.3, -0.25) is 4.79 Å². The molecule has 29 heavy (non-hydrogen) atoms. The number of carbonyl (C=O) groups is 1. The molecule has 0 aliphatic carbocycles. The third-order valence-electron chi connectivity index (χ3n) is 4.58. The van der Waals surface area contributed by atoms with Crippen molar-refractivity contribution in [2.45, 2.75) is 45.8 Å². The summed E-state index contributed by atoms with van der Waals surface area (Å²) >= 11 is 0. The minimum absolute atomic E-state index is 0.0299. The van der Waals surface area contributed by atoms with E-state index in [0.29, 0.717) is 35.0 Å². The van der Waals surface area contributed by atoms with Crippen molar-refractivity contribution in [3.05, 3.63) is 77.6 Å². The highest BCUT2D eigenvalue weighted by atomic mass is 16.5. The molecule has 4 nitrogen and oxygen atoms in total. The van der Waals surface area contributed by atoms with Gasteiger partial charge in [-0.2, -0.15) is 0 Å². The molecule has 0 fully saturated rings. The standard InChI is InChI=1S/C25H28O4/c1-17(2)13-15-28-22-11-10-19-21(26)16-23(18-8-6-5-7-9-18)29-24(19)20(22)12-14-25(3,4)27/h5-15,17,23,27H,16H2,1-4H3/t23-/m1/s1. The monoisotopic (exact) mass is 392 g/mol. The average molecular weight is 392 g/mol. The minimum Gasteiger partial charge on any atom is -0.484 e. The van der Waals surface area contributed by atoms with E-state index >= 15 is 0 Å². The first-order valence-corrected chi connectivity index (χ1v) is 9.91. The molecule has 0 spiro atoms. The van der Waals surface area contributed by atoms with Gasteiger partial charge >= 0.3 is 0 Å². The van der Waals surface area contributed by atoms with E-state index in [0.717, 1.165) is 5.56 Å². The summed E-state index contributed by atoms with van der Waals surface area (Å²) in [5.41, 5.74) is 1.13. The third-order valence-corrected chi connectivity index (χ3v) is 4.58. The van der Waals surface area contributed by atoms with Crippen LogP contribution in [0.2, 0.25) is 0 Å². The van der Waals surface area contributed by atoms with Crippen LogP contribution in [0.3, 0.4) is 0 Å². The normalized spacial score (nSPS) is 17.0. The van der Waals surface area contributed by atoms with E-state index in [1.165, 1.54) is 0 Å². The summed E-state index contributed by atoms with van der Waals surface area (Å²) in [5.74, 6) is 1.44. The number of carbonyl (C=O) groups excluding carboxylic acids is 1. The Morgan fingerprint density at radius 3 is 2.55 bits per heavy atom. The van der Waals surface area contributed by atoms with Crippen molar-refractivity contribution >= 4 is 11.9 Å². The van der Waals surface area contributed by atoms with E-state index in [9.17, 15) is 9.90 Å². The Kier molecular flexibility index (Phi) is 6.23. The van der Waals surface area contributed by atoms with Gasteiger partial charge in [-0.1, -0.05) is 50.3 Å². The zero-order chi connectivity index (χ0) is 21.0. The van der Waals surface area contributed by atoms with Gasteiger partial charge < -0.3 is 14.6 Å². The molecule has 0 radical (unpaired) electrons. The third kappa shape index (κ3) is 5.36. The summed E-state index contributed by atoms with van der Waals surface area (Å²) in [7, 11) is 0. The summed E-state index contributed by atoms with van der Waals surface area (Å²) in [5, 5.41) is 10.2. The van der Waals surface area contributed by atoms with Gasteiger partial charge in [0.05, 0.1) is 29.4 Å². The summed E-state index contributed by atoms with van der Waals surface area (Å²) < 4.78 is 12.1. The quantitative estimate of drug-likeness (QED) is 0.638. The molecular weight excluding hydrogens is 364 g/mol. The lowest BCUT2D eigenvalue weighted by atomic mass is 9.93. The molecule has 2 aromatic carbocycles. The molecule has 0 amide bonds. The highest BCUT2D eigenvalue weighted by Crippen LogP contribution is 2.42. The first kappa shape index (κ1) is 20.9. The van der Waals surface area contributed by atoms with Crippen molar-refractivity contribution in [3.8, 4) is 11.5 Å². The first-order chi connectivity index (χ1) is 13.7. The summed E-state index contributed by atoms with van der Waals surface area (Å²) in [4.78, 5) is 12.8. The molecule has 1 atom stereocenters. The van der Waals surface area contributed by atoms with Crippen molar-refractivity contribution in [2.24, 2.45) is 5.92 Å². The minimum atomic E-state index is -1.01. The van der Waals surface area contributed by atoms with Crippen molar-refractivity contribution in [1.82, 2.24) is 0 Å². The van der Waals surface area contributed by atoms with Gasteiger partial charge in [-0.25, -0.2) is 0 Å². The number of ether oxygens (including phenoxy) is 2. The number of fused-ring (bicyclic) bond motifs is 1. The summed E-state index contributed by atoms with van der Waals surface area (Å²) in [6, 6.07) is 13.2. The Morgan fingerprint density at radius 2 is 1.90 bits per heavy atom. The maximum absolute atomic E-state index is 12.8. The maximum Gasteiger partial charge on any atom is 0.170 e. The van der Waals surface area contributed by atoms with Crippen LogP contribution >= 0.6 is 0 Å². The van der Waals surface area contributed by atoms with Crippen LogP contribution in [-0.2, 0) is 0 Å². The second-order valence-electron chi connectivity index (χ2n) is 8.18. The predicted molar refractivity (Wildman–Crippen MR) is 115 cm³/mol. The van der Waals surface area contributed by atoms with Crippen LogP contribution in [0.4, 0.5) is 0 Å². The maximum atomic E-state index is 12.8. The molecule has 1 N–H and O–H groups in total.